The molecule has 0 aliphatic heterocycles. The van der Waals surface area contributed by atoms with E-state index < -0.39 is 0 Å². The third-order valence-corrected chi connectivity index (χ3v) is 5.17. The Balaban J connectivity index is 1.95. The molecule has 0 bridgehead atoms. The summed E-state index contributed by atoms with van der Waals surface area (Å²) in [5.74, 6) is 0. The van der Waals surface area contributed by atoms with Crippen molar-refractivity contribution in [3.63, 3.8) is 0 Å². The van der Waals surface area contributed by atoms with Crippen molar-refractivity contribution >= 4 is 48.9 Å². The van der Waals surface area contributed by atoms with E-state index >= 15 is 0 Å². The van der Waals surface area contributed by atoms with E-state index in [1.54, 1.807) is 36.7 Å². The lowest BCUT2D eigenvalue weighted by atomic mass is 10.2. The normalized spacial score (nSPS) is 11.3. The van der Waals surface area contributed by atoms with Crippen molar-refractivity contribution in [3.8, 4) is 5.69 Å². The molecule has 0 aliphatic carbocycles. The Kier molecular flexibility index (Phi) is 4.12. The summed E-state index contributed by atoms with van der Waals surface area (Å²) in [4.78, 5) is 18.0. The predicted molar refractivity (Wildman–Crippen MR) is 101 cm³/mol. The topological polar surface area (TPSA) is 80.0 Å². The van der Waals surface area contributed by atoms with Crippen LogP contribution in [-0.2, 0) is 0 Å². The summed E-state index contributed by atoms with van der Waals surface area (Å²) >= 11 is 7.24. The molecule has 0 atom stereocenters. The van der Waals surface area contributed by atoms with E-state index in [0.29, 0.717) is 22.0 Å². The summed E-state index contributed by atoms with van der Waals surface area (Å²) in [6.45, 7) is 0.444. The predicted octanol–water partition coefficient (Wildman–Crippen LogP) is 3.05. The Hall–Kier alpha value is -2.48. The first-order chi connectivity index (χ1) is 12.2. The van der Waals surface area contributed by atoms with Crippen LogP contribution < -0.4 is 10.9 Å². The number of aromatic nitrogens is 3. The molecule has 3 heterocycles. The minimum atomic E-state index is -0.198. The maximum absolute atomic E-state index is 12.9. The molecule has 4 aromatic rings. The molecular formula is C17H13ClN4O2S. The molecule has 0 radical (unpaired) electrons. The highest BCUT2D eigenvalue weighted by atomic mass is 35.5. The zero-order valence-electron chi connectivity index (χ0n) is 12.9. The van der Waals surface area contributed by atoms with Gasteiger partial charge in [0.15, 0.2) is 0 Å². The van der Waals surface area contributed by atoms with Crippen molar-refractivity contribution < 1.29 is 5.11 Å². The molecule has 0 aliphatic rings. The lowest BCUT2D eigenvalue weighted by Gasteiger charge is -2.06. The van der Waals surface area contributed by atoms with Crippen molar-refractivity contribution in [2.45, 2.75) is 0 Å². The van der Waals surface area contributed by atoms with Crippen LogP contribution in [0.5, 0.6) is 0 Å². The van der Waals surface area contributed by atoms with Gasteiger partial charge in [0.05, 0.1) is 18.5 Å². The largest absolute Gasteiger partial charge is 0.395 e. The third-order valence-electron chi connectivity index (χ3n) is 3.82. The Labute approximate surface area is 151 Å². The lowest BCUT2D eigenvalue weighted by Crippen LogP contribution is -2.19. The quantitative estimate of drug-likeness (QED) is 0.575. The van der Waals surface area contributed by atoms with E-state index in [1.807, 2.05) is 6.07 Å². The van der Waals surface area contributed by atoms with Gasteiger partial charge >= 0.3 is 0 Å². The van der Waals surface area contributed by atoms with Crippen LogP contribution in [0.2, 0.25) is 5.02 Å². The summed E-state index contributed by atoms with van der Waals surface area (Å²) in [6, 6.07) is 8.77. The second-order valence-electron chi connectivity index (χ2n) is 5.37. The van der Waals surface area contributed by atoms with Crippen LogP contribution in [0.1, 0.15) is 0 Å². The van der Waals surface area contributed by atoms with E-state index in [2.05, 4.69) is 15.4 Å². The number of pyridine rings is 1. The third kappa shape index (κ3) is 2.76. The highest BCUT2D eigenvalue weighted by Crippen LogP contribution is 2.34. The maximum Gasteiger partial charge on any atom is 0.289 e. The molecule has 2 N–H and O–H groups in total. The Morgan fingerprint density at radius 2 is 2.04 bits per heavy atom. The van der Waals surface area contributed by atoms with Crippen LogP contribution in [0.3, 0.4) is 0 Å². The first-order valence-electron chi connectivity index (χ1n) is 7.59. The van der Waals surface area contributed by atoms with Gasteiger partial charge in [-0.2, -0.15) is 9.78 Å². The number of fused-ring (bicyclic) bond motifs is 3. The number of rotatable bonds is 4. The highest BCUT2D eigenvalue weighted by molar-refractivity contribution is 7.25. The molecule has 8 heteroatoms. The van der Waals surface area contributed by atoms with E-state index in [1.165, 1.54) is 16.0 Å². The first-order valence-corrected chi connectivity index (χ1v) is 8.78. The van der Waals surface area contributed by atoms with E-state index in [4.69, 9.17) is 16.7 Å². The average Bonchev–Trinajstić information content (AvgIpc) is 3.01. The number of thiophene rings is 1. The molecular weight excluding hydrogens is 360 g/mol. The van der Waals surface area contributed by atoms with E-state index in [9.17, 15) is 4.79 Å². The lowest BCUT2D eigenvalue weighted by molar-refractivity contribution is 0.311. The second kappa shape index (κ2) is 6.44. The molecule has 6 nitrogen and oxygen atoms in total. The second-order valence-corrected chi connectivity index (χ2v) is 6.81. The Morgan fingerprint density at radius 1 is 1.24 bits per heavy atom. The fourth-order valence-electron chi connectivity index (χ4n) is 2.70. The van der Waals surface area contributed by atoms with Crippen molar-refractivity contribution in [2.24, 2.45) is 0 Å². The first kappa shape index (κ1) is 16.0. The van der Waals surface area contributed by atoms with E-state index in [-0.39, 0.29) is 12.2 Å². The zero-order valence-corrected chi connectivity index (χ0v) is 14.5. The maximum atomic E-state index is 12.9. The number of nitrogens with zero attached hydrogens (tertiary/aromatic N) is 3. The molecule has 0 spiro atoms. The Morgan fingerprint density at radius 3 is 2.80 bits per heavy atom. The fourth-order valence-corrected chi connectivity index (χ4v) is 3.89. The van der Waals surface area contributed by atoms with Crippen molar-refractivity contribution in [3.05, 3.63) is 58.1 Å². The highest BCUT2D eigenvalue weighted by Gasteiger charge is 2.15. The summed E-state index contributed by atoms with van der Waals surface area (Å²) < 4.78 is 1.94. The average molecular weight is 373 g/mol. The number of anilines is 1. The van der Waals surface area contributed by atoms with Crippen LogP contribution in [0.4, 0.5) is 5.69 Å². The molecule has 0 amide bonds. The van der Waals surface area contributed by atoms with Gasteiger partial charge < -0.3 is 10.4 Å². The van der Waals surface area contributed by atoms with Crippen LogP contribution in [0, 0.1) is 0 Å². The minimum Gasteiger partial charge on any atom is -0.395 e. The number of hydrogen-bond acceptors (Lipinski definition) is 6. The molecule has 25 heavy (non-hydrogen) atoms. The molecule has 1 aromatic carbocycles. The van der Waals surface area contributed by atoms with Gasteiger partial charge in [-0.15, -0.1) is 11.3 Å². The molecule has 3 aromatic heterocycles. The number of benzene rings is 1. The van der Waals surface area contributed by atoms with Gasteiger partial charge in [0.1, 0.15) is 9.53 Å². The summed E-state index contributed by atoms with van der Waals surface area (Å²) in [5, 5.41) is 18.7. The monoisotopic (exact) mass is 372 g/mol. The zero-order chi connectivity index (χ0) is 17.4. The number of aliphatic hydroxyl groups excluding tert-OH is 1. The number of hydrogen-bond donors (Lipinski definition) is 2. The van der Waals surface area contributed by atoms with Crippen LogP contribution in [-0.4, -0.2) is 33.0 Å². The molecule has 0 unspecified atom stereocenters. The van der Waals surface area contributed by atoms with Gasteiger partial charge in [0.2, 0.25) is 0 Å². The minimum absolute atomic E-state index is 0.0213. The van der Waals surface area contributed by atoms with E-state index in [0.717, 1.165) is 21.3 Å². The van der Waals surface area contributed by atoms with Crippen molar-refractivity contribution in [1.82, 2.24) is 14.8 Å². The number of aliphatic hydroxyl groups is 1. The molecule has 0 saturated carbocycles. The number of nitrogens with one attached hydrogen (secondary N) is 1. The standard InChI is InChI=1S/C17H13ClN4O2S/c18-10-1-3-11(4-2-10)22-17(24)15-12(9-21-22)14-13(19-7-8-23)5-6-20-16(14)25-15/h1-6,9,23H,7-8H2,(H,19,20). The van der Waals surface area contributed by atoms with Gasteiger partial charge in [-0.3, -0.25) is 4.79 Å². The van der Waals surface area contributed by atoms with Gasteiger partial charge in [0, 0.05) is 34.2 Å². The molecule has 4 rings (SSSR count). The molecule has 126 valence electrons. The summed E-state index contributed by atoms with van der Waals surface area (Å²) in [5.41, 5.74) is 1.28. The van der Waals surface area contributed by atoms with Crippen LogP contribution in [0.15, 0.2) is 47.5 Å². The fraction of sp³-hybridized carbons (Fsp3) is 0.118. The van der Waals surface area contributed by atoms with Crippen LogP contribution >= 0.6 is 22.9 Å². The summed E-state index contributed by atoms with van der Waals surface area (Å²) in [6.07, 6.45) is 3.36. The van der Waals surface area contributed by atoms with Gasteiger partial charge in [-0.25, -0.2) is 4.98 Å². The van der Waals surface area contributed by atoms with Gasteiger partial charge in [0.25, 0.3) is 5.56 Å². The van der Waals surface area contributed by atoms with Crippen LogP contribution in [0.25, 0.3) is 26.0 Å². The van der Waals surface area contributed by atoms with Gasteiger partial charge in [-0.1, -0.05) is 11.6 Å². The SMILES string of the molecule is O=c1c2sc3nccc(NCCO)c3c2cnn1-c1ccc(Cl)cc1. The Bertz CT molecular complexity index is 1120. The number of halogens is 1. The van der Waals surface area contributed by atoms with Crippen molar-refractivity contribution in [2.75, 3.05) is 18.5 Å². The molecule has 0 saturated heterocycles. The summed E-state index contributed by atoms with van der Waals surface area (Å²) in [7, 11) is 0. The molecule has 0 fully saturated rings. The smallest absolute Gasteiger partial charge is 0.289 e. The van der Waals surface area contributed by atoms with Gasteiger partial charge in [-0.05, 0) is 30.3 Å². The van der Waals surface area contributed by atoms with Crippen molar-refractivity contribution in [1.29, 1.82) is 0 Å².